The summed E-state index contributed by atoms with van der Waals surface area (Å²) in [6.45, 7) is 1.38. The van der Waals surface area contributed by atoms with Gasteiger partial charge in [-0.3, -0.25) is 4.79 Å². The van der Waals surface area contributed by atoms with E-state index in [9.17, 15) is 18.0 Å². The van der Waals surface area contributed by atoms with Gasteiger partial charge in [-0.15, -0.1) is 0 Å². The van der Waals surface area contributed by atoms with Crippen LogP contribution in [0.5, 0.6) is 0 Å². The van der Waals surface area contributed by atoms with E-state index in [1.54, 1.807) is 0 Å². The molecule has 0 radical (unpaired) electrons. The fourth-order valence-electron chi connectivity index (χ4n) is 0.349. The number of esters is 1. The first-order valence-corrected chi connectivity index (χ1v) is 3.68. The lowest BCUT2D eigenvalue weighted by Crippen LogP contribution is -2.32. The average Bonchev–Trinajstić information content (AvgIpc) is 1.85. The molecule has 0 N–H and O–H groups in total. The van der Waals surface area contributed by atoms with Crippen molar-refractivity contribution in [1.82, 2.24) is 0 Å². The van der Waals surface area contributed by atoms with E-state index in [0.29, 0.717) is 0 Å². The lowest BCUT2D eigenvalue weighted by molar-refractivity contribution is -0.166. The molecule has 2 nitrogen and oxygen atoms in total. The zero-order chi connectivity index (χ0) is 9.07. The molecule has 0 aromatic rings. The Kier molecular flexibility index (Phi) is 3.85. The summed E-state index contributed by atoms with van der Waals surface area (Å²) in [5.74, 6) is -1.31. The first kappa shape index (κ1) is 10.7. The van der Waals surface area contributed by atoms with Crippen LogP contribution in [0, 0.1) is 0 Å². The van der Waals surface area contributed by atoms with E-state index in [1.807, 2.05) is 0 Å². The van der Waals surface area contributed by atoms with Gasteiger partial charge in [0.2, 0.25) is 4.83 Å². The molecule has 0 aliphatic rings. The zero-order valence-corrected chi connectivity index (χ0v) is 7.20. The van der Waals surface area contributed by atoms with Crippen molar-refractivity contribution in [1.29, 1.82) is 0 Å². The summed E-state index contributed by atoms with van der Waals surface area (Å²) in [7, 11) is 0. The van der Waals surface area contributed by atoms with E-state index in [1.165, 1.54) is 6.92 Å². The molecule has 0 aliphatic carbocycles. The van der Waals surface area contributed by atoms with E-state index in [-0.39, 0.29) is 6.61 Å². The largest absolute Gasteiger partial charge is 0.465 e. The Morgan fingerprint density at radius 3 is 2.36 bits per heavy atom. The third-order valence-electron chi connectivity index (χ3n) is 0.781. The number of carbonyl (C=O) groups excluding carboxylic acids is 1. The Morgan fingerprint density at radius 1 is 1.64 bits per heavy atom. The number of rotatable bonds is 2. The molecule has 0 rings (SSSR count). The van der Waals surface area contributed by atoms with Crippen LogP contribution >= 0.6 is 15.9 Å². The van der Waals surface area contributed by atoms with Gasteiger partial charge in [-0.1, -0.05) is 15.9 Å². The number of ether oxygens (including phenoxy) is 1. The van der Waals surface area contributed by atoms with Crippen LogP contribution in [0.2, 0.25) is 0 Å². The van der Waals surface area contributed by atoms with Crippen LogP contribution in [-0.2, 0) is 9.53 Å². The monoisotopic (exact) mass is 234 g/mol. The summed E-state index contributed by atoms with van der Waals surface area (Å²) < 4.78 is 39.1. The highest BCUT2D eigenvalue weighted by molar-refractivity contribution is 9.10. The molecule has 0 spiro atoms. The predicted octanol–water partition coefficient (Wildman–Crippen LogP) is 1.88. The second kappa shape index (κ2) is 3.94. The molecule has 0 aromatic heterocycles. The second-order valence-electron chi connectivity index (χ2n) is 1.66. The fourth-order valence-corrected chi connectivity index (χ4v) is 0.481. The van der Waals surface area contributed by atoms with Gasteiger partial charge in [-0.05, 0) is 6.92 Å². The number of halogens is 4. The van der Waals surface area contributed by atoms with Crippen LogP contribution in [0.15, 0.2) is 0 Å². The van der Waals surface area contributed by atoms with Crippen LogP contribution in [0.4, 0.5) is 13.2 Å². The zero-order valence-electron chi connectivity index (χ0n) is 5.61. The molecule has 66 valence electrons. The Labute approximate surface area is 69.8 Å². The molecule has 1 unspecified atom stereocenters. The van der Waals surface area contributed by atoms with Crippen molar-refractivity contribution in [2.75, 3.05) is 6.61 Å². The quantitative estimate of drug-likeness (QED) is 0.539. The third-order valence-corrected chi connectivity index (χ3v) is 1.67. The summed E-state index contributed by atoms with van der Waals surface area (Å²) in [5, 5.41) is 0. The first-order chi connectivity index (χ1) is 4.89. The number of hydrogen-bond acceptors (Lipinski definition) is 2. The smallest absolute Gasteiger partial charge is 0.411 e. The molecule has 1 atom stereocenters. The van der Waals surface area contributed by atoms with E-state index < -0.39 is 17.0 Å². The molecule has 0 aromatic carbocycles. The molecule has 0 saturated carbocycles. The molecule has 6 heteroatoms. The highest BCUT2D eigenvalue weighted by Crippen LogP contribution is 2.27. The lowest BCUT2D eigenvalue weighted by Gasteiger charge is -2.11. The van der Waals surface area contributed by atoms with Crippen LogP contribution in [-0.4, -0.2) is 23.6 Å². The van der Waals surface area contributed by atoms with Gasteiger partial charge in [-0.25, -0.2) is 0 Å². The summed E-state index contributed by atoms with van der Waals surface area (Å²) in [4.78, 5) is 8.19. The van der Waals surface area contributed by atoms with E-state index in [0.717, 1.165) is 0 Å². The van der Waals surface area contributed by atoms with Crippen molar-refractivity contribution in [3.05, 3.63) is 0 Å². The average molecular weight is 235 g/mol. The number of alkyl halides is 4. The normalized spacial score (nSPS) is 14.3. The van der Waals surface area contributed by atoms with Crippen molar-refractivity contribution >= 4 is 21.9 Å². The van der Waals surface area contributed by atoms with Gasteiger partial charge < -0.3 is 4.74 Å². The minimum atomic E-state index is -4.58. The van der Waals surface area contributed by atoms with Gasteiger partial charge in [0.1, 0.15) is 0 Å². The third kappa shape index (κ3) is 3.60. The van der Waals surface area contributed by atoms with Crippen molar-refractivity contribution in [3.8, 4) is 0 Å². The highest BCUT2D eigenvalue weighted by atomic mass is 79.9. The Bertz CT molecular complexity index is 145. The Balaban J connectivity index is 4.03. The molecule has 0 fully saturated rings. The second-order valence-corrected chi connectivity index (χ2v) is 2.57. The molecule has 0 heterocycles. The van der Waals surface area contributed by atoms with Gasteiger partial charge in [0.25, 0.3) is 0 Å². The van der Waals surface area contributed by atoms with Crippen LogP contribution in [0.3, 0.4) is 0 Å². The predicted molar refractivity (Wildman–Crippen MR) is 35.4 cm³/mol. The van der Waals surface area contributed by atoms with Crippen LogP contribution < -0.4 is 0 Å². The first-order valence-electron chi connectivity index (χ1n) is 2.77. The molecule has 0 saturated heterocycles. The fraction of sp³-hybridized carbons (Fsp3) is 0.800. The maximum absolute atomic E-state index is 11.7. The summed E-state index contributed by atoms with van der Waals surface area (Å²) in [6.07, 6.45) is -4.58. The standard InChI is InChI=1S/C5H6BrF3O2/c1-2-11-4(10)3(6)5(7,8)9/h3H,2H2,1H3. The number of carbonyl (C=O) groups is 1. The van der Waals surface area contributed by atoms with Crippen molar-refractivity contribution in [2.24, 2.45) is 0 Å². The van der Waals surface area contributed by atoms with Gasteiger partial charge in [0, 0.05) is 0 Å². The van der Waals surface area contributed by atoms with Gasteiger partial charge in [0.05, 0.1) is 6.61 Å². The molecular formula is C5H6BrF3O2. The topological polar surface area (TPSA) is 26.3 Å². The van der Waals surface area contributed by atoms with Crippen molar-refractivity contribution < 1.29 is 22.7 Å². The Hall–Kier alpha value is -0.260. The maximum atomic E-state index is 11.7. The summed E-state index contributed by atoms with van der Waals surface area (Å²) in [6, 6.07) is 0. The lowest BCUT2D eigenvalue weighted by atomic mass is 10.4. The molecule has 0 aliphatic heterocycles. The van der Waals surface area contributed by atoms with E-state index in [2.05, 4.69) is 20.7 Å². The summed E-state index contributed by atoms with van der Waals surface area (Å²) >= 11 is 2.17. The highest BCUT2D eigenvalue weighted by Gasteiger charge is 2.44. The van der Waals surface area contributed by atoms with E-state index in [4.69, 9.17) is 0 Å². The minimum Gasteiger partial charge on any atom is -0.465 e. The molecule has 11 heavy (non-hydrogen) atoms. The van der Waals surface area contributed by atoms with Crippen LogP contribution in [0.25, 0.3) is 0 Å². The van der Waals surface area contributed by atoms with Gasteiger partial charge in [0.15, 0.2) is 0 Å². The minimum absolute atomic E-state index is 0.0585. The SMILES string of the molecule is CCOC(=O)C(Br)C(F)(F)F. The summed E-state index contributed by atoms with van der Waals surface area (Å²) in [5.41, 5.74) is 0. The molecule has 0 amide bonds. The van der Waals surface area contributed by atoms with Crippen molar-refractivity contribution in [3.63, 3.8) is 0 Å². The van der Waals surface area contributed by atoms with E-state index >= 15 is 0 Å². The van der Waals surface area contributed by atoms with Gasteiger partial charge >= 0.3 is 12.1 Å². The van der Waals surface area contributed by atoms with Crippen molar-refractivity contribution in [2.45, 2.75) is 17.9 Å². The molecule has 0 bridgehead atoms. The number of hydrogen-bond donors (Lipinski definition) is 0. The maximum Gasteiger partial charge on any atom is 0.411 e. The van der Waals surface area contributed by atoms with Gasteiger partial charge in [-0.2, -0.15) is 13.2 Å². The molecular weight excluding hydrogens is 229 g/mol. The Morgan fingerprint density at radius 2 is 2.09 bits per heavy atom. The van der Waals surface area contributed by atoms with Crippen LogP contribution in [0.1, 0.15) is 6.92 Å².